The van der Waals surface area contributed by atoms with E-state index in [9.17, 15) is 8.78 Å². The minimum atomic E-state index is -0.929. The normalized spacial score (nSPS) is 30.0. The zero-order chi connectivity index (χ0) is 20.2. The fraction of sp³-hybridized carbons (Fsp3) is 0.680. The third-order valence-electron chi connectivity index (χ3n) is 7.37. The molecule has 0 atom stereocenters. The largest absolute Gasteiger partial charge is 0.490 e. The van der Waals surface area contributed by atoms with Gasteiger partial charge in [0.05, 0.1) is 13.2 Å². The van der Waals surface area contributed by atoms with Crippen LogP contribution >= 0.6 is 0 Å². The maximum absolute atomic E-state index is 14.3. The molecular weight excluding hydrogens is 370 g/mol. The topological polar surface area (TPSA) is 18.5 Å². The predicted molar refractivity (Wildman–Crippen MR) is 111 cm³/mol. The summed E-state index contributed by atoms with van der Waals surface area (Å²) in [7, 11) is 0. The lowest BCUT2D eigenvalue weighted by Gasteiger charge is -2.37. The van der Waals surface area contributed by atoms with Crippen LogP contribution in [0.25, 0.3) is 0 Å². The fourth-order valence-corrected chi connectivity index (χ4v) is 5.12. The molecule has 0 aromatic heterocycles. The van der Waals surface area contributed by atoms with Crippen molar-refractivity contribution in [2.75, 3.05) is 13.2 Å². The molecule has 3 saturated carbocycles. The van der Waals surface area contributed by atoms with Gasteiger partial charge in [-0.25, -0.2) is 0 Å². The average Bonchev–Trinajstić information content (AvgIpc) is 3.59. The van der Waals surface area contributed by atoms with Crippen LogP contribution in [-0.2, 0) is 0 Å². The van der Waals surface area contributed by atoms with Crippen LogP contribution in [0.5, 0.6) is 11.5 Å². The third-order valence-corrected chi connectivity index (χ3v) is 7.37. The van der Waals surface area contributed by atoms with E-state index < -0.39 is 11.6 Å². The summed E-state index contributed by atoms with van der Waals surface area (Å²) in [4.78, 5) is 0. The molecule has 3 aliphatic carbocycles. The van der Waals surface area contributed by atoms with Gasteiger partial charge in [-0.15, -0.1) is 6.58 Å². The van der Waals surface area contributed by atoms with Crippen molar-refractivity contribution in [3.8, 4) is 11.5 Å². The Bertz CT molecular complexity index is 684. The lowest BCUT2D eigenvalue weighted by atomic mass is 9.69. The molecule has 0 aliphatic heterocycles. The molecule has 4 heteroatoms. The van der Waals surface area contributed by atoms with Crippen molar-refractivity contribution in [3.63, 3.8) is 0 Å². The van der Waals surface area contributed by atoms with Crippen LogP contribution in [0.3, 0.4) is 0 Å². The molecule has 3 fully saturated rings. The third kappa shape index (κ3) is 5.32. The summed E-state index contributed by atoms with van der Waals surface area (Å²) in [5, 5.41) is 0. The zero-order valence-electron chi connectivity index (χ0n) is 17.4. The van der Waals surface area contributed by atoms with Gasteiger partial charge in [0.1, 0.15) is 0 Å². The van der Waals surface area contributed by atoms with Crippen LogP contribution in [-0.4, -0.2) is 13.2 Å². The van der Waals surface area contributed by atoms with Crippen molar-refractivity contribution < 1.29 is 18.3 Å². The molecule has 29 heavy (non-hydrogen) atoms. The summed E-state index contributed by atoms with van der Waals surface area (Å²) in [6.45, 7) is 4.88. The smallest absolute Gasteiger partial charge is 0.204 e. The Morgan fingerprint density at radius 2 is 1.14 bits per heavy atom. The molecule has 0 bridgehead atoms. The van der Waals surface area contributed by atoms with Crippen LogP contribution in [0.4, 0.5) is 8.78 Å². The molecule has 2 nitrogen and oxygen atoms in total. The average molecular weight is 405 g/mol. The highest BCUT2D eigenvalue weighted by Crippen LogP contribution is 2.42. The molecule has 0 saturated heterocycles. The van der Waals surface area contributed by atoms with E-state index in [0.717, 1.165) is 43.4 Å². The molecule has 4 rings (SSSR count). The Morgan fingerprint density at radius 1 is 0.724 bits per heavy atom. The van der Waals surface area contributed by atoms with Crippen LogP contribution in [0.1, 0.15) is 64.2 Å². The Labute approximate surface area is 173 Å². The van der Waals surface area contributed by atoms with E-state index in [1.54, 1.807) is 0 Å². The number of benzene rings is 1. The molecule has 1 aromatic rings. The highest BCUT2D eigenvalue weighted by atomic mass is 19.2. The first-order valence-corrected chi connectivity index (χ1v) is 11.5. The van der Waals surface area contributed by atoms with Gasteiger partial charge in [0.2, 0.25) is 11.6 Å². The van der Waals surface area contributed by atoms with E-state index in [1.165, 1.54) is 50.7 Å². The zero-order valence-corrected chi connectivity index (χ0v) is 17.4. The summed E-state index contributed by atoms with van der Waals surface area (Å²) in [6, 6.07) is 3.00. The molecule has 0 unspecified atom stereocenters. The quantitative estimate of drug-likeness (QED) is 0.437. The highest BCUT2D eigenvalue weighted by molar-refractivity contribution is 5.35. The van der Waals surface area contributed by atoms with Crippen molar-refractivity contribution in [1.29, 1.82) is 0 Å². The van der Waals surface area contributed by atoms with Gasteiger partial charge in [-0.1, -0.05) is 6.08 Å². The summed E-state index contributed by atoms with van der Waals surface area (Å²) in [6.07, 6.45) is 14.3. The van der Waals surface area contributed by atoms with E-state index in [0.29, 0.717) is 25.0 Å². The van der Waals surface area contributed by atoms with Gasteiger partial charge < -0.3 is 9.47 Å². The van der Waals surface area contributed by atoms with Crippen molar-refractivity contribution in [2.45, 2.75) is 64.2 Å². The fourth-order valence-electron chi connectivity index (χ4n) is 5.12. The molecule has 3 aliphatic rings. The summed E-state index contributed by atoms with van der Waals surface area (Å²) >= 11 is 0. The van der Waals surface area contributed by atoms with Gasteiger partial charge in [-0.05, 0) is 106 Å². The molecule has 1 aromatic carbocycles. The number of allylic oxidation sites excluding steroid dienone is 1. The van der Waals surface area contributed by atoms with Crippen molar-refractivity contribution in [2.24, 2.45) is 29.6 Å². The lowest BCUT2D eigenvalue weighted by Crippen LogP contribution is -2.27. The van der Waals surface area contributed by atoms with Crippen molar-refractivity contribution in [3.05, 3.63) is 36.4 Å². The number of hydrogen-bond donors (Lipinski definition) is 0. The second kappa shape index (κ2) is 9.49. The molecule has 0 N–H and O–H groups in total. The Morgan fingerprint density at radius 3 is 1.55 bits per heavy atom. The van der Waals surface area contributed by atoms with Crippen LogP contribution in [0.15, 0.2) is 24.8 Å². The number of halogens is 2. The Hall–Kier alpha value is -1.58. The molecule has 160 valence electrons. The minimum Gasteiger partial charge on any atom is -0.490 e. The van der Waals surface area contributed by atoms with Gasteiger partial charge in [0, 0.05) is 0 Å². The lowest BCUT2D eigenvalue weighted by molar-refractivity contribution is 0.127. The van der Waals surface area contributed by atoms with E-state index in [1.807, 2.05) is 0 Å². The molecule has 0 radical (unpaired) electrons. The van der Waals surface area contributed by atoms with Gasteiger partial charge in [0.25, 0.3) is 0 Å². The SMILES string of the molecule is C=CC1CCC(C2CCC(COc3ccc(OCC4CC4)c(F)c3F)CC2)CC1. The van der Waals surface area contributed by atoms with Crippen LogP contribution < -0.4 is 9.47 Å². The summed E-state index contributed by atoms with van der Waals surface area (Å²) in [5.41, 5.74) is 0. The van der Waals surface area contributed by atoms with E-state index in [-0.39, 0.29) is 11.5 Å². The number of ether oxygens (including phenoxy) is 2. The number of hydrogen-bond acceptors (Lipinski definition) is 2. The first-order chi connectivity index (χ1) is 14.1. The van der Waals surface area contributed by atoms with Gasteiger partial charge in [-0.3, -0.25) is 0 Å². The standard InChI is InChI=1S/C25H34F2O2/c1-2-17-5-9-20(10-6-17)21-11-7-19(8-12-21)16-29-23-14-13-22(24(26)25(23)27)28-15-18-3-4-18/h2,13-14,17-21H,1,3-12,15-16H2. The molecular formula is C25H34F2O2. The van der Waals surface area contributed by atoms with Crippen molar-refractivity contribution >= 4 is 0 Å². The summed E-state index contributed by atoms with van der Waals surface area (Å²) < 4.78 is 39.6. The Balaban J connectivity index is 1.22. The molecule has 0 spiro atoms. The monoisotopic (exact) mass is 404 g/mol. The number of rotatable bonds is 8. The van der Waals surface area contributed by atoms with E-state index in [4.69, 9.17) is 9.47 Å². The first kappa shape index (κ1) is 20.7. The molecule has 0 amide bonds. The van der Waals surface area contributed by atoms with Crippen molar-refractivity contribution in [1.82, 2.24) is 0 Å². The van der Waals surface area contributed by atoms with Crippen LogP contribution in [0, 0.1) is 41.2 Å². The first-order valence-electron chi connectivity index (χ1n) is 11.5. The van der Waals surface area contributed by atoms with Crippen LogP contribution in [0.2, 0.25) is 0 Å². The second-order valence-electron chi connectivity index (χ2n) is 9.45. The molecule has 0 heterocycles. The maximum Gasteiger partial charge on any atom is 0.204 e. The predicted octanol–water partition coefficient (Wildman–Crippen LogP) is 6.93. The van der Waals surface area contributed by atoms with Gasteiger partial charge >= 0.3 is 0 Å². The second-order valence-corrected chi connectivity index (χ2v) is 9.45. The summed E-state index contributed by atoms with van der Waals surface area (Å²) in [5.74, 6) is 1.49. The maximum atomic E-state index is 14.3. The van der Waals surface area contributed by atoms with E-state index in [2.05, 4.69) is 12.7 Å². The van der Waals surface area contributed by atoms with E-state index >= 15 is 0 Å². The van der Waals surface area contributed by atoms with Gasteiger partial charge in [0.15, 0.2) is 11.5 Å². The van der Waals surface area contributed by atoms with Gasteiger partial charge in [-0.2, -0.15) is 8.78 Å². The highest BCUT2D eigenvalue weighted by Gasteiger charge is 2.30. The minimum absolute atomic E-state index is 0.00569. The Kier molecular flexibility index (Phi) is 6.77.